The van der Waals surface area contributed by atoms with Crippen molar-refractivity contribution >= 4 is 46.1 Å². The van der Waals surface area contributed by atoms with Crippen LogP contribution in [0.5, 0.6) is 5.75 Å². The number of carbonyl (C=O) groups is 1. The molecule has 0 bridgehead atoms. The lowest BCUT2D eigenvalue weighted by Crippen LogP contribution is -2.35. The molecule has 2 fully saturated rings. The molecule has 0 N–H and O–H groups in total. The van der Waals surface area contributed by atoms with Gasteiger partial charge in [0.05, 0.1) is 12.0 Å². The fraction of sp³-hybridized carbons (Fsp3) is 0.448. The molecule has 0 radical (unpaired) electrons. The first kappa shape index (κ1) is 27.9. The maximum Gasteiger partial charge on any atom is 0.270 e. The number of hydrogen-bond acceptors (Lipinski definition) is 7. The van der Waals surface area contributed by atoms with Gasteiger partial charge in [-0.1, -0.05) is 55.9 Å². The van der Waals surface area contributed by atoms with Gasteiger partial charge in [-0.3, -0.25) is 19.1 Å². The van der Waals surface area contributed by atoms with E-state index in [2.05, 4.69) is 11.0 Å². The van der Waals surface area contributed by atoms with E-state index in [-0.39, 0.29) is 17.0 Å². The predicted molar refractivity (Wildman–Crippen MR) is 158 cm³/mol. The monoisotopic (exact) mass is 550 g/mol. The molecule has 1 aromatic heterocycles. The summed E-state index contributed by atoms with van der Waals surface area (Å²) in [4.78, 5) is 31.3. The molecule has 9 heteroatoms. The van der Waals surface area contributed by atoms with Crippen molar-refractivity contribution in [1.29, 1.82) is 5.26 Å². The molecule has 0 saturated carbocycles. The summed E-state index contributed by atoms with van der Waals surface area (Å²) >= 11 is 6.88. The molecule has 0 spiro atoms. The van der Waals surface area contributed by atoms with Gasteiger partial charge >= 0.3 is 0 Å². The maximum absolute atomic E-state index is 13.5. The summed E-state index contributed by atoms with van der Waals surface area (Å²) in [7, 11) is 1.63. The van der Waals surface area contributed by atoms with E-state index in [0.29, 0.717) is 34.3 Å². The van der Waals surface area contributed by atoms with Crippen LogP contribution >= 0.6 is 24.0 Å². The first-order valence-electron chi connectivity index (χ1n) is 13.2. The van der Waals surface area contributed by atoms with Crippen molar-refractivity contribution in [2.45, 2.75) is 58.9 Å². The Morgan fingerprint density at radius 2 is 1.79 bits per heavy atom. The van der Waals surface area contributed by atoms with Crippen LogP contribution in [0.2, 0.25) is 0 Å². The van der Waals surface area contributed by atoms with Crippen molar-refractivity contribution in [3.8, 4) is 11.8 Å². The molecule has 4 rings (SSSR count). The average Bonchev–Trinajstić information content (AvgIpc) is 3.08. The van der Waals surface area contributed by atoms with E-state index in [4.69, 9.17) is 17.0 Å². The minimum absolute atomic E-state index is 0.137. The van der Waals surface area contributed by atoms with E-state index >= 15 is 0 Å². The topological polar surface area (TPSA) is 78.6 Å². The van der Waals surface area contributed by atoms with Crippen molar-refractivity contribution in [3.05, 3.63) is 61.8 Å². The van der Waals surface area contributed by atoms with Crippen LogP contribution in [0.1, 0.15) is 61.3 Å². The Labute approximate surface area is 234 Å². The van der Waals surface area contributed by atoms with E-state index < -0.39 is 0 Å². The number of rotatable bonds is 8. The molecule has 7 nitrogen and oxygen atoms in total. The van der Waals surface area contributed by atoms with E-state index in [1.807, 2.05) is 44.2 Å². The molecule has 1 aromatic carbocycles. The van der Waals surface area contributed by atoms with Gasteiger partial charge in [-0.05, 0) is 61.9 Å². The molecule has 0 aliphatic carbocycles. The number of amides is 1. The van der Waals surface area contributed by atoms with E-state index in [9.17, 15) is 14.9 Å². The number of benzene rings is 1. The van der Waals surface area contributed by atoms with Crippen molar-refractivity contribution in [3.63, 3.8) is 0 Å². The number of anilines is 1. The Balaban J connectivity index is 1.71. The number of thioether (sulfide) groups is 1. The molecule has 2 aliphatic heterocycles. The van der Waals surface area contributed by atoms with Crippen molar-refractivity contribution < 1.29 is 9.53 Å². The predicted octanol–water partition coefficient (Wildman–Crippen LogP) is 5.27. The van der Waals surface area contributed by atoms with Gasteiger partial charge in [-0.15, -0.1) is 0 Å². The third kappa shape index (κ3) is 5.82. The van der Waals surface area contributed by atoms with Crippen LogP contribution in [0, 0.1) is 18.3 Å². The van der Waals surface area contributed by atoms with E-state index in [1.54, 1.807) is 16.6 Å². The highest BCUT2D eigenvalue weighted by Gasteiger charge is 2.33. The number of methoxy groups -OCH3 is 1. The molecule has 2 aliphatic rings. The van der Waals surface area contributed by atoms with Crippen molar-refractivity contribution in [2.75, 3.05) is 31.6 Å². The van der Waals surface area contributed by atoms with Gasteiger partial charge in [0, 0.05) is 31.7 Å². The Hall–Kier alpha value is -3.09. The summed E-state index contributed by atoms with van der Waals surface area (Å²) in [6.45, 7) is 6.52. The zero-order valence-electron chi connectivity index (χ0n) is 22.3. The molecule has 1 amide bonds. The second-order valence-electron chi connectivity index (χ2n) is 9.64. The second-order valence-corrected chi connectivity index (χ2v) is 11.3. The zero-order valence-corrected chi connectivity index (χ0v) is 23.9. The van der Waals surface area contributed by atoms with Crippen LogP contribution in [0.25, 0.3) is 6.08 Å². The lowest BCUT2D eigenvalue weighted by atomic mass is 10.0. The fourth-order valence-electron chi connectivity index (χ4n) is 5.06. The number of nitriles is 1. The quantitative estimate of drug-likeness (QED) is 0.327. The highest BCUT2D eigenvalue weighted by Crippen LogP contribution is 2.36. The maximum atomic E-state index is 13.5. The van der Waals surface area contributed by atoms with Gasteiger partial charge in [-0.25, -0.2) is 0 Å². The third-order valence-electron chi connectivity index (χ3n) is 7.13. The number of thiocarbonyl (C=S) groups is 1. The van der Waals surface area contributed by atoms with Crippen LogP contribution in [0.4, 0.5) is 5.82 Å². The second kappa shape index (κ2) is 12.6. The largest absolute Gasteiger partial charge is 0.497 e. The first-order valence-corrected chi connectivity index (χ1v) is 14.4. The fourth-order valence-corrected chi connectivity index (χ4v) is 6.35. The molecule has 3 heterocycles. The molecule has 0 unspecified atom stereocenters. The Kier molecular flexibility index (Phi) is 9.29. The van der Waals surface area contributed by atoms with E-state index in [0.717, 1.165) is 67.9 Å². The Morgan fingerprint density at radius 1 is 1.11 bits per heavy atom. The van der Waals surface area contributed by atoms with Crippen molar-refractivity contribution in [2.24, 2.45) is 0 Å². The van der Waals surface area contributed by atoms with Crippen LogP contribution < -0.4 is 15.2 Å². The van der Waals surface area contributed by atoms with Crippen LogP contribution in [-0.4, -0.2) is 46.4 Å². The first-order chi connectivity index (χ1) is 18.4. The normalized spacial score (nSPS) is 17.2. The molecular formula is C29H34N4O3S2. The number of ether oxygens (including phenoxy) is 1. The summed E-state index contributed by atoms with van der Waals surface area (Å²) in [5, 5.41) is 9.86. The smallest absolute Gasteiger partial charge is 0.270 e. The summed E-state index contributed by atoms with van der Waals surface area (Å²) < 4.78 is 7.49. The van der Waals surface area contributed by atoms with Crippen LogP contribution in [0.3, 0.4) is 0 Å². The summed E-state index contributed by atoms with van der Waals surface area (Å²) in [5.41, 5.74) is 2.36. The number of carbonyl (C=O) groups excluding carboxylic acids is 1. The summed E-state index contributed by atoms with van der Waals surface area (Å²) in [6.07, 6.45) is 7.70. The average molecular weight is 551 g/mol. The molecule has 2 saturated heterocycles. The summed E-state index contributed by atoms with van der Waals surface area (Å²) in [6, 6.07) is 9.92. The van der Waals surface area contributed by atoms with Crippen LogP contribution in [-0.2, 0) is 17.8 Å². The zero-order chi connectivity index (χ0) is 27.2. The van der Waals surface area contributed by atoms with Gasteiger partial charge in [0.15, 0.2) is 0 Å². The van der Waals surface area contributed by atoms with Gasteiger partial charge in [0.25, 0.3) is 11.5 Å². The number of aromatic nitrogens is 1. The number of hydrogen-bond donors (Lipinski definition) is 0. The summed E-state index contributed by atoms with van der Waals surface area (Å²) in [5.74, 6) is 1.47. The van der Waals surface area contributed by atoms with Crippen LogP contribution in [0.15, 0.2) is 34.0 Å². The lowest BCUT2D eigenvalue weighted by Gasteiger charge is -2.29. The number of pyridine rings is 1. The molecule has 0 atom stereocenters. The lowest BCUT2D eigenvalue weighted by molar-refractivity contribution is -0.122. The Bertz CT molecular complexity index is 1330. The van der Waals surface area contributed by atoms with E-state index in [1.165, 1.54) is 11.8 Å². The SMILES string of the molecule is CCCn1c(N2CCCCCC2)c(/C=C2/SC(=S)N(CCc3ccc(OC)cc3)C2=O)c(C)c(C#N)c1=O. The highest BCUT2D eigenvalue weighted by atomic mass is 32.2. The molecular weight excluding hydrogens is 516 g/mol. The minimum atomic E-state index is -0.254. The molecule has 2 aromatic rings. The Morgan fingerprint density at radius 3 is 2.39 bits per heavy atom. The molecule has 38 heavy (non-hydrogen) atoms. The van der Waals surface area contributed by atoms with Crippen molar-refractivity contribution in [1.82, 2.24) is 9.47 Å². The minimum Gasteiger partial charge on any atom is -0.497 e. The van der Waals surface area contributed by atoms with Gasteiger partial charge in [0.2, 0.25) is 0 Å². The third-order valence-corrected chi connectivity index (χ3v) is 8.51. The highest BCUT2D eigenvalue weighted by molar-refractivity contribution is 8.26. The van der Waals surface area contributed by atoms with Gasteiger partial charge in [-0.2, -0.15) is 5.26 Å². The standard InChI is InChI=1S/C29H34N4O3S2/c1-4-14-32-26(31-15-7-5-6-8-16-31)23(20(2)24(19-30)27(32)34)18-25-28(35)33(29(37)38-25)17-13-21-9-11-22(36-3)12-10-21/h9-12,18H,4-8,13-17H2,1-3H3/b25-18+. The molecule has 200 valence electrons. The number of nitrogens with zero attached hydrogens (tertiary/aromatic N) is 4. The van der Waals surface area contributed by atoms with Gasteiger partial charge in [0.1, 0.15) is 27.5 Å². The van der Waals surface area contributed by atoms with Gasteiger partial charge < -0.3 is 9.64 Å².